The van der Waals surface area contributed by atoms with Crippen LogP contribution in [-0.4, -0.2) is 24.7 Å². The number of fused-ring (bicyclic) bond motifs is 1. The molecule has 0 saturated carbocycles. The van der Waals surface area contributed by atoms with E-state index in [9.17, 15) is 5.11 Å². The minimum absolute atomic E-state index is 0.225. The Labute approximate surface area is 168 Å². The fourth-order valence-electron chi connectivity index (χ4n) is 3.51. The molecule has 1 N–H and O–H groups in total. The smallest absolute Gasteiger partial charge is 0.252 e. The number of hydrogen-bond donors (Lipinski definition) is 1. The van der Waals surface area contributed by atoms with Crippen LogP contribution >= 0.6 is 0 Å². The monoisotopic (exact) mass is 378 g/mol. The Morgan fingerprint density at radius 3 is 1.86 bits per heavy atom. The van der Waals surface area contributed by atoms with Crippen molar-refractivity contribution in [3.63, 3.8) is 0 Å². The van der Waals surface area contributed by atoms with Crippen LogP contribution in [0.4, 0.5) is 0 Å². The average Bonchev–Trinajstić information content (AvgIpc) is 3.09. The summed E-state index contributed by atoms with van der Waals surface area (Å²) in [6, 6.07) is 27.1. The molecule has 0 unspecified atom stereocenters. The van der Waals surface area contributed by atoms with Crippen LogP contribution in [0.3, 0.4) is 0 Å². The lowest BCUT2D eigenvalue weighted by Crippen LogP contribution is -2.03. The van der Waals surface area contributed by atoms with Crippen LogP contribution in [0.25, 0.3) is 39.5 Å². The number of aryl methyl sites for hydroxylation is 1. The fourth-order valence-corrected chi connectivity index (χ4v) is 3.51. The summed E-state index contributed by atoms with van der Waals surface area (Å²) in [6.07, 6.45) is 0. The van der Waals surface area contributed by atoms with Gasteiger partial charge in [-0.05, 0) is 31.2 Å². The molecule has 0 saturated heterocycles. The van der Waals surface area contributed by atoms with E-state index in [0.29, 0.717) is 5.78 Å². The zero-order chi connectivity index (χ0) is 19.8. The highest BCUT2D eigenvalue weighted by Gasteiger charge is 2.18. The molecule has 0 radical (unpaired) electrons. The number of phenolic OH excluding ortho intramolecular Hbond substituents is 1. The summed E-state index contributed by atoms with van der Waals surface area (Å²) in [5.74, 6) is 0.770. The lowest BCUT2D eigenvalue weighted by molar-refractivity contribution is 0.475. The highest BCUT2D eigenvalue weighted by atomic mass is 16.3. The SMILES string of the molecule is Cc1nc2nc(-c3ccccc3)c(-c3ccccc3)nn2c1-c1ccc(O)cc1. The molecular formula is C24H18N4O. The van der Waals surface area contributed by atoms with Crippen LogP contribution in [0.2, 0.25) is 0 Å². The maximum atomic E-state index is 9.64. The third-order valence-corrected chi connectivity index (χ3v) is 4.88. The lowest BCUT2D eigenvalue weighted by Gasteiger charge is -2.10. The number of benzene rings is 3. The first-order valence-electron chi connectivity index (χ1n) is 9.38. The molecule has 0 atom stereocenters. The standard InChI is InChI=1S/C24H18N4O/c1-16-23(19-12-14-20(29)15-13-19)28-24(25-16)26-21(17-8-4-2-5-9-17)22(27-28)18-10-6-3-7-11-18/h2-15,29H,1H3. The van der Waals surface area contributed by atoms with Crippen LogP contribution in [-0.2, 0) is 0 Å². The Morgan fingerprint density at radius 2 is 1.24 bits per heavy atom. The van der Waals surface area contributed by atoms with Crippen molar-refractivity contribution >= 4 is 5.78 Å². The molecule has 5 rings (SSSR count). The zero-order valence-electron chi connectivity index (χ0n) is 15.8. The predicted octanol–water partition coefficient (Wildman–Crippen LogP) is 5.14. The normalized spacial score (nSPS) is 11.1. The molecule has 0 fully saturated rings. The molecule has 0 aliphatic heterocycles. The van der Waals surface area contributed by atoms with Crippen molar-refractivity contribution in [2.45, 2.75) is 6.92 Å². The first-order valence-corrected chi connectivity index (χ1v) is 9.38. The molecule has 140 valence electrons. The minimum Gasteiger partial charge on any atom is -0.508 e. The maximum absolute atomic E-state index is 9.64. The summed E-state index contributed by atoms with van der Waals surface area (Å²) in [4.78, 5) is 9.55. The summed E-state index contributed by atoms with van der Waals surface area (Å²) >= 11 is 0. The number of nitrogens with zero attached hydrogens (tertiary/aromatic N) is 4. The van der Waals surface area contributed by atoms with Gasteiger partial charge in [-0.3, -0.25) is 0 Å². The largest absolute Gasteiger partial charge is 0.508 e. The molecule has 5 nitrogen and oxygen atoms in total. The third-order valence-electron chi connectivity index (χ3n) is 4.88. The van der Waals surface area contributed by atoms with Gasteiger partial charge in [0.25, 0.3) is 5.78 Å². The Morgan fingerprint density at radius 1 is 0.655 bits per heavy atom. The zero-order valence-corrected chi connectivity index (χ0v) is 15.8. The third kappa shape index (κ3) is 3.02. The van der Waals surface area contributed by atoms with Gasteiger partial charge in [-0.1, -0.05) is 60.7 Å². The van der Waals surface area contributed by atoms with Crippen molar-refractivity contribution in [1.82, 2.24) is 19.6 Å². The first-order chi connectivity index (χ1) is 14.2. The maximum Gasteiger partial charge on any atom is 0.252 e. The van der Waals surface area contributed by atoms with Crippen molar-refractivity contribution in [2.75, 3.05) is 0 Å². The Kier molecular flexibility index (Phi) is 4.06. The number of imidazole rings is 1. The molecule has 3 aromatic carbocycles. The van der Waals surface area contributed by atoms with E-state index in [1.807, 2.05) is 79.7 Å². The van der Waals surface area contributed by atoms with Gasteiger partial charge in [0.05, 0.1) is 11.4 Å². The van der Waals surface area contributed by atoms with E-state index < -0.39 is 0 Å². The summed E-state index contributed by atoms with van der Waals surface area (Å²) in [5, 5.41) is 14.6. The molecule has 0 spiro atoms. The van der Waals surface area contributed by atoms with E-state index in [1.165, 1.54) is 0 Å². The van der Waals surface area contributed by atoms with E-state index in [0.717, 1.165) is 39.5 Å². The number of aromatic nitrogens is 4. The van der Waals surface area contributed by atoms with E-state index in [-0.39, 0.29) is 5.75 Å². The van der Waals surface area contributed by atoms with Crippen molar-refractivity contribution in [1.29, 1.82) is 0 Å². The number of hydrogen-bond acceptors (Lipinski definition) is 4. The molecule has 0 bridgehead atoms. The summed E-state index contributed by atoms with van der Waals surface area (Å²) in [5.41, 5.74) is 6.20. The van der Waals surface area contributed by atoms with Crippen LogP contribution in [0.5, 0.6) is 5.75 Å². The van der Waals surface area contributed by atoms with E-state index >= 15 is 0 Å². The summed E-state index contributed by atoms with van der Waals surface area (Å²) in [7, 11) is 0. The van der Waals surface area contributed by atoms with Gasteiger partial charge < -0.3 is 5.11 Å². The predicted molar refractivity (Wildman–Crippen MR) is 113 cm³/mol. The Bertz CT molecular complexity index is 1290. The van der Waals surface area contributed by atoms with Crippen molar-refractivity contribution in [3.8, 4) is 39.5 Å². The number of aromatic hydroxyl groups is 1. The quantitative estimate of drug-likeness (QED) is 0.472. The van der Waals surface area contributed by atoms with Crippen LogP contribution in [0.1, 0.15) is 5.69 Å². The molecule has 0 aliphatic rings. The van der Waals surface area contributed by atoms with E-state index in [2.05, 4.69) is 4.98 Å². The molecule has 2 heterocycles. The topological polar surface area (TPSA) is 63.3 Å². The first kappa shape index (κ1) is 17.1. The fraction of sp³-hybridized carbons (Fsp3) is 0.0417. The molecule has 2 aromatic heterocycles. The van der Waals surface area contributed by atoms with Crippen molar-refractivity contribution < 1.29 is 5.11 Å². The van der Waals surface area contributed by atoms with Gasteiger partial charge in [0.15, 0.2) is 0 Å². The highest BCUT2D eigenvalue weighted by Crippen LogP contribution is 2.31. The van der Waals surface area contributed by atoms with E-state index in [4.69, 9.17) is 10.1 Å². The van der Waals surface area contributed by atoms with Gasteiger partial charge in [-0.15, -0.1) is 0 Å². The van der Waals surface area contributed by atoms with Crippen LogP contribution < -0.4 is 0 Å². The number of rotatable bonds is 3. The molecular weight excluding hydrogens is 360 g/mol. The van der Waals surface area contributed by atoms with Crippen molar-refractivity contribution in [3.05, 3.63) is 90.6 Å². The molecule has 0 amide bonds. The highest BCUT2D eigenvalue weighted by molar-refractivity contribution is 5.79. The second kappa shape index (κ2) is 6.87. The van der Waals surface area contributed by atoms with Gasteiger partial charge >= 0.3 is 0 Å². The summed E-state index contributed by atoms with van der Waals surface area (Å²) < 4.78 is 1.79. The van der Waals surface area contributed by atoms with Gasteiger partial charge in [-0.2, -0.15) is 9.61 Å². The minimum atomic E-state index is 0.225. The molecule has 29 heavy (non-hydrogen) atoms. The Balaban J connectivity index is 1.82. The van der Waals surface area contributed by atoms with E-state index in [1.54, 1.807) is 16.6 Å². The van der Waals surface area contributed by atoms with Gasteiger partial charge in [0, 0.05) is 16.7 Å². The van der Waals surface area contributed by atoms with Crippen LogP contribution in [0, 0.1) is 6.92 Å². The lowest BCUT2D eigenvalue weighted by atomic mass is 10.0. The van der Waals surface area contributed by atoms with Gasteiger partial charge in [0.2, 0.25) is 0 Å². The van der Waals surface area contributed by atoms with Crippen molar-refractivity contribution in [2.24, 2.45) is 0 Å². The Hall–Kier alpha value is -3.99. The van der Waals surface area contributed by atoms with Gasteiger partial charge in [-0.25, -0.2) is 9.97 Å². The second-order valence-corrected chi connectivity index (χ2v) is 6.85. The molecule has 5 heteroatoms. The summed E-state index contributed by atoms with van der Waals surface area (Å²) in [6.45, 7) is 1.95. The molecule has 5 aromatic rings. The average molecular weight is 378 g/mol. The van der Waals surface area contributed by atoms with Gasteiger partial charge in [0.1, 0.15) is 17.1 Å². The second-order valence-electron chi connectivity index (χ2n) is 6.85. The molecule has 0 aliphatic carbocycles. The van der Waals surface area contributed by atoms with Crippen LogP contribution in [0.15, 0.2) is 84.9 Å². The number of phenols is 1.